The average molecular weight is 308 g/mol. The Balaban J connectivity index is 1.87. The number of nitrogens with zero attached hydrogens (tertiary/aromatic N) is 2. The number of carbonyl (C=O) groups excluding carboxylic acids is 1. The van der Waals surface area contributed by atoms with E-state index in [-0.39, 0.29) is 17.6 Å². The van der Waals surface area contributed by atoms with Crippen molar-refractivity contribution in [1.29, 1.82) is 0 Å². The summed E-state index contributed by atoms with van der Waals surface area (Å²) in [6, 6.07) is -0.000468. The lowest BCUT2D eigenvalue weighted by atomic mass is 9.89. The van der Waals surface area contributed by atoms with Gasteiger partial charge in [-0.3, -0.25) is 5.10 Å². The number of hydrogen-bond donors (Lipinski definition) is 2. The molecular formula is C16H28N4O2. The SMILES string of the molecule is CO[C@H](CNC(=O)N1CCC[C@@H](c2cn[nH]c2)C1)C(C)(C)C. The van der Waals surface area contributed by atoms with Crippen molar-refractivity contribution in [2.45, 2.75) is 45.6 Å². The smallest absolute Gasteiger partial charge is 0.317 e. The second-order valence-electron chi connectivity index (χ2n) is 7.09. The second kappa shape index (κ2) is 7.13. The van der Waals surface area contributed by atoms with E-state index in [4.69, 9.17) is 4.74 Å². The number of methoxy groups -OCH3 is 1. The second-order valence-corrected chi connectivity index (χ2v) is 7.09. The number of hydrogen-bond acceptors (Lipinski definition) is 3. The molecule has 1 aromatic rings. The number of nitrogens with one attached hydrogen (secondary N) is 2. The van der Waals surface area contributed by atoms with Crippen molar-refractivity contribution < 1.29 is 9.53 Å². The number of H-pyrrole nitrogens is 1. The molecule has 1 aliphatic rings. The molecule has 1 saturated heterocycles. The Morgan fingerprint density at radius 3 is 2.95 bits per heavy atom. The maximum atomic E-state index is 12.4. The van der Waals surface area contributed by atoms with Crippen LogP contribution in [0.2, 0.25) is 0 Å². The van der Waals surface area contributed by atoms with Crippen LogP contribution in [0.25, 0.3) is 0 Å². The van der Waals surface area contributed by atoms with E-state index in [0.29, 0.717) is 12.5 Å². The Morgan fingerprint density at radius 1 is 1.59 bits per heavy atom. The van der Waals surface area contributed by atoms with Crippen molar-refractivity contribution in [3.05, 3.63) is 18.0 Å². The Morgan fingerprint density at radius 2 is 2.36 bits per heavy atom. The highest BCUT2D eigenvalue weighted by atomic mass is 16.5. The molecule has 124 valence electrons. The third kappa shape index (κ3) is 4.22. The van der Waals surface area contributed by atoms with Gasteiger partial charge in [-0.15, -0.1) is 0 Å². The molecule has 1 fully saturated rings. The molecule has 2 rings (SSSR count). The van der Waals surface area contributed by atoms with Crippen molar-refractivity contribution in [1.82, 2.24) is 20.4 Å². The van der Waals surface area contributed by atoms with E-state index in [9.17, 15) is 4.79 Å². The third-order valence-electron chi connectivity index (χ3n) is 4.39. The highest BCUT2D eigenvalue weighted by Gasteiger charge is 2.28. The van der Waals surface area contributed by atoms with Crippen molar-refractivity contribution in [2.75, 3.05) is 26.7 Å². The van der Waals surface area contributed by atoms with Gasteiger partial charge in [-0.05, 0) is 23.8 Å². The van der Waals surface area contributed by atoms with Crippen LogP contribution >= 0.6 is 0 Å². The van der Waals surface area contributed by atoms with E-state index in [1.165, 1.54) is 5.56 Å². The van der Waals surface area contributed by atoms with Crippen LogP contribution in [0.3, 0.4) is 0 Å². The molecule has 2 heterocycles. The zero-order valence-corrected chi connectivity index (χ0v) is 14.1. The first-order valence-corrected chi connectivity index (χ1v) is 7.96. The molecule has 0 radical (unpaired) electrons. The molecule has 6 nitrogen and oxygen atoms in total. The van der Waals surface area contributed by atoms with Gasteiger partial charge in [0.1, 0.15) is 0 Å². The Kier molecular flexibility index (Phi) is 5.45. The van der Waals surface area contributed by atoms with Gasteiger partial charge in [0.05, 0.1) is 12.3 Å². The van der Waals surface area contributed by atoms with Gasteiger partial charge < -0.3 is 15.0 Å². The van der Waals surface area contributed by atoms with Gasteiger partial charge in [0, 0.05) is 38.9 Å². The lowest BCUT2D eigenvalue weighted by Gasteiger charge is -2.34. The zero-order valence-electron chi connectivity index (χ0n) is 14.1. The molecule has 2 atom stereocenters. The fourth-order valence-corrected chi connectivity index (χ4v) is 2.95. The minimum atomic E-state index is -0.000468. The summed E-state index contributed by atoms with van der Waals surface area (Å²) in [6.07, 6.45) is 5.91. The van der Waals surface area contributed by atoms with Crippen LogP contribution in [-0.2, 0) is 4.74 Å². The fourth-order valence-electron chi connectivity index (χ4n) is 2.95. The first-order chi connectivity index (χ1) is 10.4. The van der Waals surface area contributed by atoms with Gasteiger partial charge in [-0.25, -0.2) is 4.79 Å². The first-order valence-electron chi connectivity index (χ1n) is 7.96. The van der Waals surface area contributed by atoms with Crippen LogP contribution in [0.1, 0.15) is 45.1 Å². The molecule has 0 bridgehead atoms. The van der Waals surface area contributed by atoms with Crippen LogP contribution in [0, 0.1) is 5.41 Å². The maximum Gasteiger partial charge on any atom is 0.317 e. The first kappa shape index (κ1) is 16.8. The molecular weight excluding hydrogens is 280 g/mol. The number of rotatable bonds is 4. The Hall–Kier alpha value is -1.56. The van der Waals surface area contributed by atoms with Gasteiger partial charge in [0.25, 0.3) is 0 Å². The summed E-state index contributed by atoms with van der Waals surface area (Å²) in [5.41, 5.74) is 1.19. The van der Waals surface area contributed by atoms with Gasteiger partial charge in [0.15, 0.2) is 0 Å². The topological polar surface area (TPSA) is 70.2 Å². The number of ether oxygens (including phenoxy) is 1. The van der Waals surface area contributed by atoms with E-state index >= 15 is 0 Å². The predicted octanol–water partition coefficient (Wildman–Crippen LogP) is 2.36. The predicted molar refractivity (Wildman–Crippen MR) is 85.8 cm³/mol. The molecule has 0 spiro atoms. The minimum absolute atomic E-state index is 0.000468. The summed E-state index contributed by atoms with van der Waals surface area (Å²) >= 11 is 0. The lowest BCUT2D eigenvalue weighted by Crippen LogP contribution is -2.48. The van der Waals surface area contributed by atoms with Crippen LogP contribution in [-0.4, -0.2) is 54.0 Å². The van der Waals surface area contributed by atoms with E-state index in [1.54, 1.807) is 7.11 Å². The molecule has 2 amide bonds. The van der Waals surface area contributed by atoms with Crippen molar-refractivity contribution >= 4 is 6.03 Å². The highest BCUT2D eigenvalue weighted by Crippen LogP contribution is 2.26. The lowest BCUT2D eigenvalue weighted by molar-refractivity contribution is 0.0183. The van der Waals surface area contributed by atoms with Crippen LogP contribution in [0.15, 0.2) is 12.4 Å². The molecule has 22 heavy (non-hydrogen) atoms. The van der Waals surface area contributed by atoms with Crippen LogP contribution in [0.4, 0.5) is 4.79 Å². The van der Waals surface area contributed by atoms with Gasteiger partial charge >= 0.3 is 6.03 Å². The quantitative estimate of drug-likeness (QED) is 0.897. The normalized spacial score (nSPS) is 20.7. The largest absolute Gasteiger partial charge is 0.379 e. The molecule has 1 aromatic heterocycles. The molecule has 1 aliphatic heterocycles. The van der Waals surface area contributed by atoms with E-state index < -0.39 is 0 Å². The van der Waals surface area contributed by atoms with Crippen molar-refractivity contribution in [3.8, 4) is 0 Å². The minimum Gasteiger partial charge on any atom is -0.379 e. The van der Waals surface area contributed by atoms with E-state index in [2.05, 4.69) is 36.3 Å². The van der Waals surface area contributed by atoms with E-state index in [1.807, 2.05) is 17.3 Å². The monoisotopic (exact) mass is 308 g/mol. The number of urea groups is 1. The number of likely N-dealkylation sites (tertiary alicyclic amines) is 1. The molecule has 0 aliphatic carbocycles. The van der Waals surface area contributed by atoms with Gasteiger partial charge in [0.2, 0.25) is 0 Å². The molecule has 0 aromatic carbocycles. The summed E-state index contributed by atoms with van der Waals surface area (Å²) in [5, 5.41) is 9.87. The van der Waals surface area contributed by atoms with Crippen LogP contribution in [0.5, 0.6) is 0 Å². The van der Waals surface area contributed by atoms with Crippen molar-refractivity contribution in [2.24, 2.45) is 5.41 Å². The number of carbonyl (C=O) groups is 1. The van der Waals surface area contributed by atoms with Gasteiger partial charge in [-0.2, -0.15) is 5.10 Å². The highest BCUT2D eigenvalue weighted by molar-refractivity contribution is 5.74. The Labute approximate surface area is 132 Å². The number of amides is 2. The van der Waals surface area contributed by atoms with Gasteiger partial charge in [-0.1, -0.05) is 20.8 Å². The molecule has 0 unspecified atom stereocenters. The fraction of sp³-hybridized carbons (Fsp3) is 0.750. The Bertz CT molecular complexity index is 467. The summed E-state index contributed by atoms with van der Waals surface area (Å²) in [6.45, 7) is 8.44. The van der Waals surface area contributed by atoms with Crippen LogP contribution < -0.4 is 5.32 Å². The maximum absolute atomic E-state index is 12.4. The molecule has 6 heteroatoms. The van der Waals surface area contributed by atoms with Crippen molar-refractivity contribution in [3.63, 3.8) is 0 Å². The zero-order chi connectivity index (χ0) is 16.2. The third-order valence-corrected chi connectivity index (χ3v) is 4.39. The average Bonchev–Trinajstić information content (AvgIpc) is 3.00. The molecule has 2 N–H and O–H groups in total. The number of aromatic nitrogens is 2. The molecule has 0 saturated carbocycles. The summed E-state index contributed by atoms with van der Waals surface area (Å²) in [7, 11) is 1.69. The summed E-state index contributed by atoms with van der Waals surface area (Å²) in [5.74, 6) is 0.374. The summed E-state index contributed by atoms with van der Waals surface area (Å²) < 4.78 is 5.49. The number of piperidine rings is 1. The summed E-state index contributed by atoms with van der Waals surface area (Å²) in [4.78, 5) is 14.3. The standard InChI is InChI=1S/C16H28N4O2/c1-16(2,3)14(22-4)10-17-15(21)20-7-5-6-12(11-20)13-8-18-19-9-13/h8-9,12,14H,5-7,10-11H2,1-4H3,(H,17,21)(H,18,19)/t12-,14-/m1/s1. The number of aromatic amines is 1. The van der Waals surface area contributed by atoms with E-state index in [0.717, 1.165) is 25.9 Å².